The van der Waals surface area contributed by atoms with Crippen LogP contribution in [0.15, 0.2) is 102 Å². The van der Waals surface area contributed by atoms with E-state index in [0.29, 0.717) is 58.2 Å². The lowest BCUT2D eigenvalue weighted by atomic mass is 9.86. The number of rotatable bonds is 16. The molecule has 5 aromatic rings. The first kappa shape index (κ1) is 39.8. The van der Waals surface area contributed by atoms with E-state index >= 15 is 0 Å². The number of aromatic nitrogens is 1. The van der Waals surface area contributed by atoms with Crippen LogP contribution in [0.1, 0.15) is 70.4 Å². The number of hydrogen-bond donors (Lipinski definition) is 5. The van der Waals surface area contributed by atoms with Crippen molar-refractivity contribution in [3.8, 4) is 11.5 Å². The third-order valence-corrected chi connectivity index (χ3v) is 10.8. The number of aromatic amines is 1. The molecule has 3 aliphatic heterocycles. The molecule has 1 amide bonds. The Hall–Kier alpha value is -5.40. The van der Waals surface area contributed by atoms with E-state index in [2.05, 4.69) is 20.5 Å². The zero-order valence-corrected chi connectivity index (χ0v) is 32.3. The Labute approximate surface area is 335 Å². The number of aromatic hydroxyl groups is 1. The maximum atomic E-state index is 13.2. The Morgan fingerprint density at radius 3 is 2.53 bits per heavy atom. The van der Waals surface area contributed by atoms with Crippen molar-refractivity contribution in [2.24, 2.45) is 5.92 Å². The van der Waals surface area contributed by atoms with Crippen LogP contribution in [-0.4, -0.2) is 77.6 Å². The highest BCUT2D eigenvalue weighted by atomic mass is 35.5. The number of hydrogen-bond acceptors (Lipinski definition) is 10. The normalized spacial score (nSPS) is 18.5. The molecule has 13 heteroatoms. The van der Waals surface area contributed by atoms with Gasteiger partial charge in [-0.2, -0.15) is 0 Å². The van der Waals surface area contributed by atoms with Gasteiger partial charge in [-0.05, 0) is 116 Å². The van der Waals surface area contributed by atoms with Crippen molar-refractivity contribution in [1.29, 1.82) is 0 Å². The van der Waals surface area contributed by atoms with Crippen LogP contribution in [-0.2, 0) is 16.1 Å². The van der Waals surface area contributed by atoms with Gasteiger partial charge >= 0.3 is 12.1 Å². The Morgan fingerprint density at radius 1 is 0.930 bits per heavy atom. The van der Waals surface area contributed by atoms with Gasteiger partial charge in [-0.15, -0.1) is 0 Å². The molecule has 5 N–H and O–H groups in total. The molecule has 8 rings (SSSR count). The number of piperidine rings is 3. The summed E-state index contributed by atoms with van der Waals surface area (Å²) in [6.45, 7) is 4.09. The Bertz CT molecular complexity index is 2230. The average molecular weight is 795 g/mol. The summed E-state index contributed by atoms with van der Waals surface area (Å²) in [5.74, 6) is 0.425. The predicted molar refractivity (Wildman–Crippen MR) is 217 cm³/mol. The quantitative estimate of drug-likeness (QED) is 0.0541. The van der Waals surface area contributed by atoms with E-state index < -0.39 is 24.2 Å². The van der Waals surface area contributed by atoms with Crippen molar-refractivity contribution in [2.45, 2.75) is 50.5 Å². The lowest BCUT2D eigenvalue weighted by Gasteiger charge is -2.43. The molecule has 12 nitrogen and oxygen atoms in total. The number of fused-ring (bicyclic) bond motifs is 4. The topological polar surface area (TPSA) is 162 Å². The first-order valence-electron chi connectivity index (χ1n) is 19.4. The molecular formula is C44H47ClN4O8. The molecule has 57 heavy (non-hydrogen) atoms. The van der Waals surface area contributed by atoms with Gasteiger partial charge in [-0.3, -0.25) is 9.69 Å². The summed E-state index contributed by atoms with van der Waals surface area (Å²) >= 11 is 6.41. The fourth-order valence-electron chi connectivity index (χ4n) is 7.64. The smallest absolute Gasteiger partial charge is 0.408 e. The van der Waals surface area contributed by atoms with E-state index in [9.17, 15) is 24.6 Å². The molecule has 0 aliphatic carbocycles. The van der Waals surface area contributed by atoms with Crippen LogP contribution in [0.3, 0.4) is 0 Å². The van der Waals surface area contributed by atoms with Crippen LogP contribution in [0.25, 0.3) is 10.9 Å². The number of benzene rings is 4. The fourth-order valence-corrected chi connectivity index (χ4v) is 7.90. The number of ether oxygens (including phenoxy) is 3. The third kappa shape index (κ3) is 10.3. The summed E-state index contributed by atoms with van der Waals surface area (Å²) in [7, 11) is 0. The first-order chi connectivity index (χ1) is 27.7. The highest BCUT2D eigenvalue weighted by Gasteiger charge is 2.37. The second kappa shape index (κ2) is 18.7. The van der Waals surface area contributed by atoms with Gasteiger partial charge in [0.25, 0.3) is 0 Å². The second-order valence-electron chi connectivity index (χ2n) is 14.6. The van der Waals surface area contributed by atoms with Crippen LogP contribution < -0.4 is 20.9 Å². The molecule has 3 saturated heterocycles. The number of halogens is 1. The highest BCUT2D eigenvalue weighted by Crippen LogP contribution is 2.32. The maximum absolute atomic E-state index is 13.2. The number of phenolic OH excluding ortho intramolecular Hbond substituents is 1. The Kier molecular flexibility index (Phi) is 13.1. The zero-order chi connectivity index (χ0) is 39.7. The number of esters is 1. The molecule has 1 unspecified atom stereocenters. The minimum Gasteiger partial charge on any atom is -0.506 e. The van der Waals surface area contributed by atoms with Crippen LogP contribution in [0.2, 0.25) is 5.02 Å². The maximum Gasteiger partial charge on any atom is 0.408 e. The van der Waals surface area contributed by atoms with Crippen molar-refractivity contribution in [3.05, 3.63) is 140 Å². The van der Waals surface area contributed by atoms with Gasteiger partial charge < -0.3 is 40.0 Å². The monoisotopic (exact) mass is 794 g/mol. The van der Waals surface area contributed by atoms with Crippen LogP contribution in [0, 0.1) is 5.92 Å². The highest BCUT2D eigenvalue weighted by molar-refractivity contribution is 6.31. The number of amides is 1. The van der Waals surface area contributed by atoms with Gasteiger partial charge in [0, 0.05) is 29.6 Å². The SMILES string of the molecule is O=C(NC(c1ccccc1)c1cccc(OCc2cc(Cl)cc(C(=O)OCCCCNC[C@H](O)c3ccc(O)c4[nH]c(=O)ccc34)c2)c1)O[C@H]1CN2CCC1CC2. The summed E-state index contributed by atoms with van der Waals surface area (Å²) in [6.07, 6.45) is 1.99. The molecule has 4 aromatic carbocycles. The fraction of sp³-hybridized carbons (Fsp3) is 0.341. The van der Waals surface area contributed by atoms with Crippen molar-refractivity contribution >= 4 is 34.6 Å². The van der Waals surface area contributed by atoms with E-state index in [4.69, 9.17) is 25.8 Å². The largest absolute Gasteiger partial charge is 0.506 e. The molecular weight excluding hydrogens is 748 g/mol. The van der Waals surface area contributed by atoms with Crippen molar-refractivity contribution < 1.29 is 34.0 Å². The molecule has 4 heterocycles. The number of carbonyl (C=O) groups excluding carboxylic acids is 2. The van der Waals surface area contributed by atoms with Crippen LogP contribution in [0.4, 0.5) is 4.79 Å². The van der Waals surface area contributed by atoms with Gasteiger partial charge in [-0.25, -0.2) is 9.59 Å². The number of nitrogens with one attached hydrogen (secondary N) is 3. The Morgan fingerprint density at radius 2 is 1.74 bits per heavy atom. The number of pyridine rings is 1. The first-order valence-corrected chi connectivity index (χ1v) is 19.8. The summed E-state index contributed by atoms with van der Waals surface area (Å²) in [5.41, 5.74) is 3.27. The lowest BCUT2D eigenvalue weighted by Crippen LogP contribution is -2.52. The van der Waals surface area contributed by atoms with E-state index in [-0.39, 0.29) is 42.7 Å². The molecule has 2 bridgehead atoms. The number of aliphatic hydroxyl groups is 1. The molecule has 1 aromatic heterocycles. The van der Waals surface area contributed by atoms with E-state index in [1.165, 1.54) is 12.1 Å². The summed E-state index contributed by atoms with van der Waals surface area (Å²) in [4.78, 5) is 42.8. The molecule has 0 spiro atoms. The third-order valence-electron chi connectivity index (χ3n) is 10.6. The number of carbonyl (C=O) groups is 2. The zero-order valence-electron chi connectivity index (χ0n) is 31.5. The number of unbranched alkanes of at least 4 members (excludes halogenated alkanes) is 1. The van der Waals surface area contributed by atoms with Crippen molar-refractivity contribution in [2.75, 3.05) is 39.3 Å². The van der Waals surface area contributed by atoms with Crippen molar-refractivity contribution in [3.63, 3.8) is 0 Å². The number of H-pyrrole nitrogens is 1. The standard InChI is InChI=1S/C44H47ClN4O8/c45-33-22-28(21-32(23-33)43(53)55-20-5-4-17-46-25-38(51)35-11-13-37(50)42-36(35)12-14-40(52)47-42)27-56-34-10-6-9-31(24-34)41(30-7-2-1-3-8-30)48-44(54)57-39-26-49-18-15-29(39)16-19-49/h1-3,6-14,21-24,29,38-39,41,46,50-51H,4-5,15-20,25-27H2,(H,47,52)(H,48,54)/t38-,39-,41?/m0/s1. The number of nitrogens with zero attached hydrogens (tertiary/aromatic N) is 1. The van der Waals surface area contributed by atoms with Gasteiger partial charge in [-0.1, -0.05) is 60.1 Å². The molecule has 0 saturated carbocycles. The molecule has 0 radical (unpaired) electrons. The minimum absolute atomic E-state index is 0.0630. The summed E-state index contributed by atoms with van der Waals surface area (Å²) < 4.78 is 17.7. The van der Waals surface area contributed by atoms with E-state index in [1.807, 2.05) is 54.6 Å². The van der Waals surface area contributed by atoms with Gasteiger partial charge in [0.05, 0.1) is 29.8 Å². The molecule has 3 aliphatic rings. The second-order valence-corrected chi connectivity index (χ2v) is 15.1. The van der Waals surface area contributed by atoms with Gasteiger partial charge in [0.1, 0.15) is 24.2 Å². The summed E-state index contributed by atoms with van der Waals surface area (Å²) in [6, 6.07) is 27.8. The number of alkyl carbamates (subject to hydrolysis) is 1. The average Bonchev–Trinajstić information content (AvgIpc) is 3.22. The minimum atomic E-state index is -0.861. The molecule has 3 atom stereocenters. The predicted octanol–water partition coefficient (Wildman–Crippen LogP) is 6.64. The number of phenols is 1. The van der Waals surface area contributed by atoms with Gasteiger partial charge in [0.15, 0.2) is 0 Å². The van der Waals surface area contributed by atoms with E-state index in [1.54, 1.807) is 30.3 Å². The van der Waals surface area contributed by atoms with Crippen LogP contribution in [0.5, 0.6) is 11.5 Å². The number of aliphatic hydroxyl groups excluding tert-OH is 1. The van der Waals surface area contributed by atoms with Crippen molar-refractivity contribution in [1.82, 2.24) is 20.5 Å². The lowest BCUT2D eigenvalue weighted by molar-refractivity contribution is -0.0336. The van der Waals surface area contributed by atoms with Gasteiger partial charge in [0.2, 0.25) is 5.56 Å². The van der Waals surface area contributed by atoms with E-state index in [0.717, 1.165) is 43.6 Å². The molecule has 298 valence electrons. The molecule has 3 fully saturated rings. The van der Waals surface area contributed by atoms with Crippen LogP contribution >= 0.6 is 11.6 Å². The Balaban J connectivity index is 0.883. The summed E-state index contributed by atoms with van der Waals surface area (Å²) in [5, 5.41) is 28.1.